The smallest absolute Gasteiger partial charge is 0.0310 e. The maximum Gasteiger partial charge on any atom is 0.0310 e. The first kappa shape index (κ1) is 9.62. The quantitative estimate of drug-likeness (QED) is 0.755. The zero-order valence-corrected chi connectivity index (χ0v) is 8.32. The molecule has 0 aromatic carbocycles. The van der Waals surface area contributed by atoms with Crippen LogP contribution in [0.1, 0.15) is 30.9 Å². The summed E-state index contributed by atoms with van der Waals surface area (Å²) in [6.07, 6.45) is 7.19. The van der Waals surface area contributed by atoms with Gasteiger partial charge in [-0.05, 0) is 43.5 Å². The standard InChI is InChI=1S/C11H17N3/c12-11(8-10-2-1-5-14-10)9-3-6-13-7-4-9/h3-4,6-7,10-11,14H,1-2,5,8,12H2. The van der Waals surface area contributed by atoms with E-state index < -0.39 is 0 Å². The second-order valence-corrected chi connectivity index (χ2v) is 3.92. The van der Waals surface area contributed by atoms with E-state index in [1.165, 1.54) is 18.4 Å². The van der Waals surface area contributed by atoms with Crippen LogP contribution >= 0.6 is 0 Å². The van der Waals surface area contributed by atoms with Crippen molar-refractivity contribution in [2.45, 2.75) is 31.3 Å². The molecule has 3 nitrogen and oxygen atoms in total. The van der Waals surface area contributed by atoms with Gasteiger partial charge in [-0.15, -0.1) is 0 Å². The lowest BCUT2D eigenvalue weighted by Gasteiger charge is -2.16. The van der Waals surface area contributed by atoms with Gasteiger partial charge >= 0.3 is 0 Å². The van der Waals surface area contributed by atoms with Crippen LogP contribution in [-0.4, -0.2) is 17.6 Å². The van der Waals surface area contributed by atoms with Crippen molar-refractivity contribution in [3.05, 3.63) is 30.1 Å². The summed E-state index contributed by atoms with van der Waals surface area (Å²) in [6, 6.07) is 4.76. The predicted molar refractivity (Wildman–Crippen MR) is 56.8 cm³/mol. The molecule has 3 heteroatoms. The highest BCUT2D eigenvalue weighted by molar-refractivity contribution is 5.14. The van der Waals surface area contributed by atoms with Crippen LogP contribution < -0.4 is 11.1 Å². The molecule has 1 aromatic heterocycles. The predicted octanol–water partition coefficient (Wildman–Crippen LogP) is 1.22. The van der Waals surface area contributed by atoms with Gasteiger partial charge in [0.05, 0.1) is 0 Å². The topological polar surface area (TPSA) is 50.9 Å². The SMILES string of the molecule is NC(CC1CCCN1)c1ccncc1. The van der Waals surface area contributed by atoms with Crippen molar-refractivity contribution in [2.24, 2.45) is 5.73 Å². The van der Waals surface area contributed by atoms with E-state index in [0.29, 0.717) is 6.04 Å². The lowest BCUT2D eigenvalue weighted by molar-refractivity contribution is 0.499. The molecule has 1 aliphatic heterocycles. The molecule has 3 N–H and O–H groups in total. The third kappa shape index (κ3) is 2.30. The fourth-order valence-corrected chi connectivity index (χ4v) is 2.01. The Bertz CT molecular complexity index is 267. The number of nitrogens with zero attached hydrogens (tertiary/aromatic N) is 1. The van der Waals surface area contributed by atoms with Gasteiger partial charge in [-0.1, -0.05) is 0 Å². The summed E-state index contributed by atoms with van der Waals surface area (Å²) in [7, 11) is 0. The van der Waals surface area contributed by atoms with Crippen LogP contribution in [-0.2, 0) is 0 Å². The Morgan fingerprint density at radius 1 is 1.50 bits per heavy atom. The van der Waals surface area contributed by atoms with Gasteiger partial charge in [0.25, 0.3) is 0 Å². The van der Waals surface area contributed by atoms with Crippen molar-refractivity contribution in [1.29, 1.82) is 0 Å². The van der Waals surface area contributed by atoms with Gasteiger partial charge in [-0.2, -0.15) is 0 Å². The molecular weight excluding hydrogens is 174 g/mol. The van der Waals surface area contributed by atoms with Crippen LogP contribution in [0.4, 0.5) is 0 Å². The summed E-state index contributed by atoms with van der Waals surface area (Å²) in [5, 5.41) is 3.46. The van der Waals surface area contributed by atoms with E-state index >= 15 is 0 Å². The van der Waals surface area contributed by atoms with Crippen molar-refractivity contribution < 1.29 is 0 Å². The molecule has 76 valence electrons. The average Bonchev–Trinajstić information content (AvgIpc) is 2.72. The highest BCUT2D eigenvalue weighted by Gasteiger charge is 2.17. The number of nitrogens with one attached hydrogen (secondary N) is 1. The van der Waals surface area contributed by atoms with E-state index in [0.717, 1.165) is 13.0 Å². The van der Waals surface area contributed by atoms with Crippen LogP contribution in [0.25, 0.3) is 0 Å². The number of hydrogen-bond donors (Lipinski definition) is 2. The van der Waals surface area contributed by atoms with E-state index in [4.69, 9.17) is 5.73 Å². The third-order valence-electron chi connectivity index (χ3n) is 2.84. The van der Waals surface area contributed by atoms with Crippen molar-refractivity contribution in [1.82, 2.24) is 10.3 Å². The van der Waals surface area contributed by atoms with Gasteiger partial charge < -0.3 is 11.1 Å². The lowest BCUT2D eigenvalue weighted by Crippen LogP contribution is -2.26. The van der Waals surface area contributed by atoms with Crippen molar-refractivity contribution in [2.75, 3.05) is 6.54 Å². The maximum absolute atomic E-state index is 6.11. The normalized spacial score (nSPS) is 23.6. The molecule has 2 heterocycles. The Labute approximate surface area is 84.7 Å². The van der Waals surface area contributed by atoms with Gasteiger partial charge in [-0.25, -0.2) is 0 Å². The molecule has 0 aliphatic carbocycles. The number of rotatable bonds is 3. The van der Waals surface area contributed by atoms with Gasteiger partial charge in [0.1, 0.15) is 0 Å². The molecule has 2 unspecified atom stereocenters. The van der Waals surface area contributed by atoms with E-state index in [1.54, 1.807) is 12.4 Å². The molecule has 14 heavy (non-hydrogen) atoms. The Morgan fingerprint density at radius 3 is 2.93 bits per heavy atom. The second kappa shape index (κ2) is 4.53. The molecule has 2 atom stereocenters. The Kier molecular flexibility index (Phi) is 3.11. The molecule has 0 radical (unpaired) electrons. The summed E-state index contributed by atoms with van der Waals surface area (Å²) in [5.74, 6) is 0. The molecule has 0 bridgehead atoms. The largest absolute Gasteiger partial charge is 0.324 e. The van der Waals surface area contributed by atoms with E-state index in [2.05, 4.69) is 10.3 Å². The van der Waals surface area contributed by atoms with Crippen molar-refractivity contribution in [3.8, 4) is 0 Å². The van der Waals surface area contributed by atoms with Crippen molar-refractivity contribution in [3.63, 3.8) is 0 Å². The van der Waals surface area contributed by atoms with Crippen LogP contribution in [0.2, 0.25) is 0 Å². The number of hydrogen-bond acceptors (Lipinski definition) is 3. The van der Waals surface area contributed by atoms with Crippen LogP contribution in [0, 0.1) is 0 Å². The van der Waals surface area contributed by atoms with Gasteiger partial charge in [0.15, 0.2) is 0 Å². The van der Waals surface area contributed by atoms with E-state index in [-0.39, 0.29) is 6.04 Å². The van der Waals surface area contributed by atoms with Crippen molar-refractivity contribution >= 4 is 0 Å². The summed E-state index contributed by atoms with van der Waals surface area (Å²) < 4.78 is 0. The van der Waals surface area contributed by atoms with Crippen LogP contribution in [0.3, 0.4) is 0 Å². The maximum atomic E-state index is 6.11. The fraction of sp³-hybridized carbons (Fsp3) is 0.545. The fourth-order valence-electron chi connectivity index (χ4n) is 2.01. The lowest BCUT2D eigenvalue weighted by atomic mass is 10.0. The first-order chi connectivity index (χ1) is 6.86. The summed E-state index contributed by atoms with van der Waals surface area (Å²) in [4.78, 5) is 3.99. The molecule has 0 amide bonds. The minimum Gasteiger partial charge on any atom is -0.324 e. The Morgan fingerprint density at radius 2 is 2.29 bits per heavy atom. The first-order valence-electron chi connectivity index (χ1n) is 5.25. The summed E-state index contributed by atoms with van der Waals surface area (Å²) in [6.45, 7) is 1.15. The summed E-state index contributed by atoms with van der Waals surface area (Å²) in [5.41, 5.74) is 7.30. The monoisotopic (exact) mass is 191 g/mol. The van der Waals surface area contributed by atoms with Crippen LogP contribution in [0.5, 0.6) is 0 Å². The third-order valence-corrected chi connectivity index (χ3v) is 2.84. The van der Waals surface area contributed by atoms with E-state index in [1.807, 2.05) is 12.1 Å². The Balaban J connectivity index is 1.92. The number of pyridine rings is 1. The minimum absolute atomic E-state index is 0.147. The molecule has 0 saturated carbocycles. The number of nitrogens with two attached hydrogens (primary N) is 1. The minimum atomic E-state index is 0.147. The summed E-state index contributed by atoms with van der Waals surface area (Å²) >= 11 is 0. The molecule has 1 aliphatic rings. The first-order valence-corrected chi connectivity index (χ1v) is 5.25. The highest BCUT2D eigenvalue weighted by Crippen LogP contribution is 2.19. The van der Waals surface area contributed by atoms with Gasteiger partial charge in [-0.3, -0.25) is 4.98 Å². The van der Waals surface area contributed by atoms with Crippen LogP contribution in [0.15, 0.2) is 24.5 Å². The molecule has 1 saturated heterocycles. The molecule has 0 spiro atoms. The second-order valence-electron chi connectivity index (χ2n) is 3.92. The van der Waals surface area contributed by atoms with E-state index in [9.17, 15) is 0 Å². The molecule has 1 fully saturated rings. The molecule has 2 rings (SSSR count). The molecule has 1 aromatic rings. The molecular formula is C11H17N3. The average molecular weight is 191 g/mol. The zero-order valence-electron chi connectivity index (χ0n) is 8.32. The van der Waals surface area contributed by atoms with Gasteiger partial charge in [0, 0.05) is 24.5 Å². The zero-order chi connectivity index (χ0) is 9.80. The highest BCUT2D eigenvalue weighted by atomic mass is 14.9. The van der Waals surface area contributed by atoms with Gasteiger partial charge in [0.2, 0.25) is 0 Å². The number of aromatic nitrogens is 1. The Hall–Kier alpha value is -0.930.